The average molecular weight is 454 g/mol. The van der Waals surface area contributed by atoms with Crippen LogP contribution >= 0.6 is 0 Å². The maximum absolute atomic E-state index is 12.8. The highest BCUT2D eigenvalue weighted by Gasteiger charge is 2.30. The number of rotatable bonds is 6. The Kier molecular flexibility index (Phi) is 6.98. The number of anilines is 1. The first-order chi connectivity index (χ1) is 15.7. The van der Waals surface area contributed by atoms with Crippen LogP contribution in [0.3, 0.4) is 0 Å². The first kappa shape index (κ1) is 23.3. The summed E-state index contributed by atoms with van der Waals surface area (Å²) in [7, 11) is 0. The van der Waals surface area contributed by atoms with Crippen molar-refractivity contribution in [1.82, 2.24) is 0 Å². The van der Waals surface area contributed by atoms with E-state index >= 15 is 0 Å². The first-order valence-corrected chi connectivity index (χ1v) is 9.69. The molecule has 0 fully saturated rings. The topological polar surface area (TPSA) is 92.3 Å². The predicted molar refractivity (Wildman–Crippen MR) is 114 cm³/mol. The van der Waals surface area contributed by atoms with Gasteiger partial charge in [0.1, 0.15) is 23.2 Å². The van der Waals surface area contributed by atoms with Crippen LogP contribution in [0.25, 0.3) is 17.4 Å². The van der Waals surface area contributed by atoms with Gasteiger partial charge < -0.3 is 14.5 Å². The van der Waals surface area contributed by atoms with E-state index in [0.717, 1.165) is 18.2 Å². The van der Waals surface area contributed by atoms with Crippen LogP contribution in [0.2, 0.25) is 0 Å². The van der Waals surface area contributed by atoms with Crippen molar-refractivity contribution in [1.29, 1.82) is 5.26 Å². The van der Waals surface area contributed by atoms with E-state index in [1.165, 1.54) is 18.2 Å². The van der Waals surface area contributed by atoms with E-state index in [1.54, 1.807) is 43.3 Å². The van der Waals surface area contributed by atoms with Gasteiger partial charge in [0, 0.05) is 17.3 Å². The Morgan fingerprint density at radius 1 is 1.12 bits per heavy atom. The van der Waals surface area contributed by atoms with Gasteiger partial charge in [-0.3, -0.25) is 4.79 Å². The molecule has 0 radical (unpaired) electrons. The van der Waals surface area contributed by atoms with Gasteiger partial charge in [-0.25, -0.2) is 4.79 Å². The lowest BCUT2D eigenvalue weighted by Crippen LogP contribution is -2.14. The minimum atomic E-state index is -4.56. The van der Waals surface area contributed by atoms with Gasteiger partial charge in [-0.1, -0.05) is 18.2 Å². The zero-order chi connectivity index (χ0) is 24.0. The number of alkyl halides is 3. The number of esters is 1. The molecular weight excluding hydrogens is 437 g/mol. The Morgan fingerprint density at radius 3 is 2.48 bits per heavy atom. The summed E-state index contributed by atoms with van der Waals surface area (Å²) < 4.78 is 49.1. The normalized spacial score (nSPS) is 11.5. The molecule has 6 nitrogen and oxygen atoms in total. The number of ether oxygens (including phenoxy) is 1. The highest BCUT2D eigenvalue weighted by molar-refractivity contribution is 6.09. The third-order valence-electron chi connectivity index (χ3n) is 4.41. The SMILES string of the molecule is CCOC(=O)c1ccc(-c2ccc(C=C(C#N)C(=O)Nc3cccc(C(F)(F)F)c3)o2)cc1. The maximum Gasteiger partial charge on any atom is 0.416 e. The van der Waals surface area contributed by atoms with E-state index in [-0.39, 0.29) is 23.6 Å². The number of nitrogens with zero attached hydrogens (tertiary/aromatic N) is 1. The molecule has 0 aliphatic rings. The minimum absolute atomic E-state index is 0.0993. The van der Waals surface area contributed by atoms with Gasteiger partial charge in [0.15, 0.2) is 0 Å². The van der Waals surface area contributed by atoms with E-state index in [9.17, 15) is 28.0 Å². The van der Waals surface area contributed by atoms with Crippen LogP contribution in [0, 0.1) is 11.3 Å². The molecule has 1 heterocycles. The van der Waals surface area contributed by atoms with Crippen LogP contribution in [0.1, 0.15) is 28.6 Å². The number of nitrogens with one attached hydrogen (secondary N) is 1. The van der Waals surface area contributed by atoms with E-state index in [2.05, 4.69) is 5.32 Å². The van der Waals surface area contributed by atoms with Gasteiger partial charge in [0.25, 0.3) is 5.91 Å². The molecule has 168 valence electrons. The second kappa shape index (κ2) is 9.87. The summed E-state index contributed by atoms with van der Waals surface area (Å²) in [5.74, 6) is -0.714. The van der Waals surface area contributed by atoms with Crippen molar-refractivity contribution in [2.75, 3.05) is 11.9 Å². The number of carbonyl (C=O) groups is 2. The van der Waals surface area contributed by atoms with Crippen LogP contribution in [-0.4, -0.2) is 18.5 Å². The number of hydrogen-bond acceptors (Lipinski definition) is 5. The van der Waals surface area contributed by atoms with Gasteiger partial charge >= 0.3 is 12.1 Å². The monoisotopic (exact) mass is 454 g/mol. The molecule has 1 amide bonds. The summed E-state index contributed by atoms with van der Waals surface area (Å²) in [6.45, 7) is 1.97. The summed E-state index contributed by atoms with van der Waals surface area (Å²) in [5.41, 5.74) is -0.351. The lowest BCUT2D eigenvalue weighted by molar-refractivity contribution is -0.137. The molecule has 0 aliphatic heterocycles. The molecule has 1 N–H and O–H groups in total. The van der Waals surface area contributed by atoms with Crippen molar-refractivity contribution in [3.05, 3.63) is 83.1 Å². The van der Waals surface area contributed by atoms with E-state index in [4.69, 9.17) is 9.15 Å². The highest BCUT2D eigenvalue weighted by Crippen LogP contribution is 2.31. The summed E-state index contributed by atoms with van der Waals surface area (Å²) in [6, 6.07) is 15.4. The number of amides is 1. The Morgan fingerprint density at radius 2 is 1.85 bits per heavy atom. The molecule has 0 bridgehead atoms. The smallest absolute Gasteiger partial charge is 0.416 e. The van der Waals surface area contributed by atoms with Crippen molar-refractivity contribution in [3.8, 4) is 17.4 Å². The summed E-state index contributed by atoms with van der Waals surface area (Å²) in [5, 5.41) is 11.6. The quantitative estimate of drug-likeness (QED) is 0.294. The largest absolute Gasteiger partial charge is 0.462 e. The zero-order valence-corrected chi connectivity index (χ0v) is 17.3. The lowest BCUT2D eigenvalue weighted by atomic mass is 10.1. The van der Waals surface area contributed by atoms with Crippen molar-refractivity contribution < 1.29 is 31.9 Å². The van der Waals surface area contributed by atoms with E-state index in [1.807, 2.05) is 0 Å². The molecule has 2 aromatic carbocycles. The van der Waals surface area contributed by atoms with Gasteiger partial charge in [0.2, 0.25) is 0 Å². The Hall–Kier alpha value is -4.32. The molecule has 3 aromatic rings. The summed E-state index contributed by atoms with van der Waals surface area (Å²) >= 11 is 0. The second-order valence-corrected chi connectivity index (χ2v) is 6.70. The molecule has 1 aromatic heterocycles. The fourth-order valence-electron chi connectivity index (χ4n) is 2.83. The van der Waals surface area contributed by atoms with Crippen LogP contribution in [0.5, 0.6) is 0 Å². The van der Waals surface area contributed by atoms with Crippen LogP contribution in [0.4, 0.5) is 18.9 Å². The standard InChI is InChI=1S/C24H17F3N2O4/c1-2-32-23(31)16-8-6-15(7-9-16)21-11-10-20(33-21)12-17(14-28)22(30)29-19-5-3-4-18(13-19)24(25,26)27/h3-13H,2H2,1H3,(H,29,30). The second-order valence-electron chi connectivity index (χ2n) is 6.70. The Bertz CT molecular complexity index is 1240. The fraction of sp³-hybridized carbons (Fsp3) is 0.125. The van der Waals surface area contributed by atoms with Crippen LogP contribution < -0.4 is 5.32 Å². The molecule has 0 saturated heterocycles. The summed E-state index contributed by atoms with van der Waals surface area (Å²) in [6.07, 6.45) is -3.38. The Labute approximate surface area is 186 Å². The van der Waals surface area contributed by atoms with Gasteiger partial charge in [0.05, 0.1) is 17.7 Å². The lowest BCUT2D eigenvalue weighted by Gasteiger charge is -2.09. The molecule has 9 heteroatoms. The van der Waals surface area contributed by atoms with Gasteiger partial charge in [-0.2, -0.15) is 18.4 Å². The molecule has 0 aliphatic carbocycles. The molecule has 3 rings (SSSR count). The highest BCUT2D eigenvalue weighted by atomic mass is 19.4. The molecule has 33 heavy (non-hydrogen) atoms. The minimum Gasteiger partial charge on any atom is -0.462 e. The van der Waals surface area contributed by atoms with Crippen molar-refractivity contribution in [2.45, 2.75) is 13.1 Å². The van der Waals surface area contributed by atoms with Gasteiger partial charge in [-0.15, -0.1) is 0 Å². The summed E-state index contributed by atoms with van der Waals surface area (Å²) in [4.78, 5) is 24.1. The number of hydrogen-bond donors (Lipinski definition) is 1. The molecule has 0 atom stereocenters. The first-order valence-electron chi connectivity index (χ1n) is 9.69. The third kappa shape index (κ3) is 5.89. The van der Waals surface area contributed by atoms with Crippen LogP contribution in [-0.2, 0) is 15.7 Å². The molecular formula is C24H17F3N2O4. The van der Waals surface area contributed by atoms with Crippen molar-refractivity contribution in [2.24, 2.45) is 0 Å². The molecule has 0 saturated carbocycles. The zero-order valence-electron chi connectivity index (χ0n) is 17.3. The number of halogens is 3. The van der Waals surface area contributed by atoms with Crippen molar-refractivity contribution >= 4 is 23.6 Å². The fourth-order valence-corrected chi connectivity index (χ4v) is 2.83. The molecule has 0 spiro atoms. The number of nitriles is 1. The third-order valence-corrected chi connectivity index (χ3v) is 4.41. The van der Waals surface area contributed by atoms with E-state index in [0.29, 0.717) is 16.9 Å². The van der Waals surface area contributed by atoms with E-state index < -0.39 is 23.6 Å². The number of carbonyl (C=O) groups excluding carboxylic acids is 2. The average Bonchev–Trinajstić information content (AvgIpc) is 3.26. The number of benzene rings is 2. The van der Waals surface area contributed by atoms with Gasteiger partial charge in [-0.05, 0) is 49.4 Å². The number of furan rings is 1. The predicted octanol–water partition coefficient (Wildman–Crippen LogP) is 5.69. The van der Waals surface area contributed by atoms with Crippen LogP contribution in [0.15, 0.2) is 70.7 Å². The van der Waals surface area contributed by atoms with Crippen molar-refractivity contribution in [3.63, 3.8) is 0 Å². The maximum atomic E-state index is 12.8. The Balaban J connectivity index is 1.75. The molecule has 0 unspecified atom stereocenters.